The molecule has 106 valence electrons. The van der Waals surface area contributed by atoms with E-state index >= 15 is 0 Å². The monoisotopic (exact) mass is 273 g/mol. The summed E-state index contributed by atoms with van der Waals surface area (Å²) in [4.78, 5) is 8.79. The van der Waals surface area contributed by atoms with Crippen LogP contribution in [0.3, 0.4) is 0 Å². The Hall–Kier alpha value is -2.30. The van der Waals surface area contributed by atoms with Crippen LogP contribution in [-0.2, 0) is 6.42 Å². The molecule has 1 aromatic carbocycles. The summed E-state index contributed by atoms with van der Waals surface area (Å²) >= 11 is 0. The van der Waals surface area contributed by atoms with Crippen LogP contribution in [-0.4, -0.2) is 24.2 Å². The number of ether oxygens (including phenoxy) is 2. The first kappa shape index (κ1) is 14.1. The van der Waals surface area contributed by atoms with E-state index in [0.29, 0.717) is 29.6 Å². The maximum atomic E-state index is 5.88. The molecule has 0 fully saturated rings. The standard InChI is InChI=1S/C15H19N3O2/c1-9-10(2)17-14(18-15(9)16)8-11-5-6-12(19-3)13(7-11)20-4/h5-7H,8H2,1-4H3,(H2,16,17,18). The number of aryl methyl sites for hydroxylation is 1. The Bertz CT molecular complexity index is 604. The largest absolute Gasteiger partial charge is 0.493 e. The van der Waals surface area contributed by atoms with Gasteiger partial charge in [-0.15, -0.1) is 0 Å². The van der Waals surface area contributed by atoms with Gasteiger partial charge in [0, 0.05) is 17.7 Å². The number of rotatable bonds is 4. The van der Waals surface area contributed by atoms with Crippen molar-refractivity contribution < 1.29 is 9.47 Å². The molecule has 0 unspecified atom stereocenters. The van der Waals surface area contributed by atoms with Gasteiger partial charge in [0.1, 0.15) is 11.6 Å². The Morgan fingerprint density at radius 3 is 2.35 bits per heavy atom. The third-order valence-electron chi connectivity index (χ3n) is 3.28. The summed E-state index contributed by atoms with van der Waals surface area (Å²) in [6, 6.07) is 5.77. The molecule has 5 heteroatoms. The number of methoxy groups -OCH3 is 2. The molecule has 5 nitrogen and oxygen atoms in total. The average molecular weight is 273 g/mol. The molecule has 2 rings (SSSR count). The van der Waals surface area contributed by atoms with Crippen LogP contribution in [0, 0.1) is 13.8 Å². The zero-order valence-electron chi connectivity index (χ0n) is 12.2. The summed E-state index contributed by atoms with van der Waals surface area (Å²) in [5, 5.41) is 0. The van der Waals surface area contributed by atoms with Gasteiger partial charge in [0.2, 0.25) is 0 Å². The van der Waals surface area contributed by atoms with Gasteiger partial charge in [-0.3, -0.25) is 0 Å². The van der Waals surface area contributed by atoms with Gasteiger partial charge in [0.15, 0.2) is 11.5 Å². The molecular formula is C15H19N3O2. The number of aromatic nitrogens is 2. The first-order valence-electron chi connectivity index (χ1n) is 6.35. The quantitative estimate of drug-likeness (QED) is 0.925. The molecule has 0 saturated carbocycles. The van der Waals surface area contributed by atoms with E-state index in [1.165, 1.54) is 0 Å². The molecule has 0 amide bonds. The van der Waals surface area contributed by atoms with Crippen LogP contribution in [0.15, 0.2) is 18.2 Å². The molecule has 20 heavy (non-hydrogen) atoms. The van der Waals surface area contributed by atoms with Gasteiger partial charge in [-0.05, 0) is 31.5 Å². The predicted octanol–water partition coefficient (Wildman–Crippen LogP) is 2.28. The van der Waals surface area contributed by atoms with E-state index in [4.69, 9.17) is 15.2 Å². The first-order valence-corrected chi connectivity index (χ1v) is 6.35. The second-order valence-corrected chi connectivity index (χ2v) is 4.60. The molecule has 2 N–H and O–H groups in total. The van der Waals surface area contributed by atoms with Crippen LogP contribution in [0.25, 0.3) is 0 Å². The number of nitrogens with zero attached hydrogens (tertiary/aromatic N) is 2. The van der Waals surface area contributed by atoms with Gasteiger partial charge in [-0.2, -0.15) is 0 Å². The molecule has 0 radical (unpaired) electrons. The highest BCUT2D eigenvalue weighted by molar-refractivity contribution is 5.44. The SMILES string of the molecule is COc1ccc(Cc2nc(C)c(C)c(N)n2)cc1OC. The number of hydrogen-bond donors (Lipinski definition) is 1. The van der Waals surface area contributed by atoms with Gasteiger partial charge in [0.25, 0.3) is 0 Å². The molecule has 0 saturated heterocycles. The van der Waals surface area contributed by atoms with Crippen LogP contribution >= 0.6 is 0 Å². The molecular weight excluding hydrogens is 254 g/mol. The third-order valence-corrected chi connectivity index (χ3v) is 3.28. The molecule has 0 bridgehead atoms. The summed E-state index contributed by atoms with van der Waals surface area (Å²) in [6.07, 6.45) is 0.603. The van der Waals surface area contributed by atoms with Crippen LogP contribution < -0.4 is 15.2 Å². The van der Waals surface area contributed by atoms with E-state index in [1.54, 1.807) is 14.2 Å². The second-order valence-electron chi connectivity index (χ2n) is 4.60. The minimum atomic E-state index is 0.535. The van der Waals surface area contributed by atoms with Crippen molar-refractivity contribution in [3.63, 3.8) is 0 Å². The van der Waals surface area contributed by atoms with Gasteiger partial charge in [0.05, 0.1) is 14.2 Å². The lowest BCUT2D eigenvalue weighted by Crippen LogP contribution is -2.05. The van der Waals surface area contributed by atoms with Crippen molar-refractivity contribution >= 4 is 5.82 Å². The fourth-order valence-corrected chi connectivity index (χ4v) is 1.96. The first-order chi connectivity index (χ1) is 9.55. The molecule has 0 aliphatic heterocycles. The minimum Gasteiger partial charge on any atom is -0.493 e. The molecule has 1 heterocycles. The fraction of sp³-hybridized carbons (Fsp3) is 0.333. The topological polar surface area (TPSA) is 70.3 Å². The summed E-state index contributed by atoms with van der Waals surface area (Å²) in [7, 11) is 3.23. The van der Waals surface area contributed by atoms with Crippen LogP contribution in [0.5, 0.6) is 11.5 Å². The van der Waals surface area contributed by atoms with E-state index < -0.39 is 0 Å². The van der Waals surface area contributed by atoms with Gasteiger partial charge in [-0.1, -0.05) is 6.07 Å². The number of benzene rings is 1. The normalized spacial score (nSPS) is 10.4. The van der Waals surface area contributed by atoms with E-state index in [2.05, 4.69) is 9.97 Å². The highest BCUT2D eigenvalue weighted by atomic mass is 16.5. The zero-order valence-corrected chi connectivity index (χ0v) is 12.2. The lowest BCUT2D eigenvalue weighted by Gasteiger charge is -2.10. The van der Waals surface area contributed by atoms with Crippen molar-refractivity contribution in [2.45, 2.75) is 20.3 Å². The van der Waals surface area contributed by atoms with E-state index in [1.807, 2.05) is 32.0 Å². The van der Waals surface area contributed by atoms with Crippen molar-refractivity contribution in [1.29, 1.82) is 0 Å². The van der Waals surface area contributed by atoms with Gasteiger partial charge in [-0.25, -0.2) is 9.97 Å². The molecule has 1 aromatic heterocycles. The van der Waals surface area contributed by atoms with Gasteiger partial charge >= 0.3 is 0 Å². The molecule has 2 aromatic rings. The number of nitrogens with two attached hydrogens (primary N) is 1. The smallest absolute Gasteiger partial charge is 0.161 e. The van der Waals surface area contributed by atoms with Crippen LogP contribution in [0.4, 0.5) is 5.82 Å². The van der Waals surface area contributed by atoms with Crippen LogP contribution in [0.2, 0.25) is 0 Å². The molecule has 0 aliphatic rings. The predicted molar refractivity (Wildman–Crippen MR) is 78.3 cm³/mol. The lowest BCUT2D eigenvalue weighted by atomic mass is 10.1. The number of anilines is 1. The summed E-state index contributed by atoms with van der Waals surface area (Å²) in [5.41, 5.74) is 8.77. The third kappa shape index (κ3) is 2.82. The Labute approximate surface area is 118 Å². The van der Waals surface area contributed by atoms with Crippen molar-refractivity contribution in [3.05, 3.63) is 40.8 Å². The number of hydrogen-bond acceptors (Lipinski definition) is 5. The summed E-state index contributed by atoms with van der Waals surface area (Å²) in [5.74, 6) is 2.64. The lowest BCUT2D eigenvalue weighted by molar-refractivity contribution is 0.354. The molecule has 0 atom stereocenters. The van der Waals surface area contributed by atoms with Crippen molar-refractivity contribution in [3.8, 4) is 11.5 Å². The fourth-order valence-electron chi connectivity index (χ4n) is 1.96. The van der Waals surface area contributed by atoms with Crippen LogP contribution in [0.1, 0.15) is 22.6 Å². The Morgan fingerprint density at radius 1 is 1.05 bits per heavy atom. The molecule has 0 aliphatic carbocycles. The zero-order chi connectivity index (χ0) is 14.7. The average Bonchev–Trinajstić information content (AvgIpc) is 2.44. The van der Waals surface area contributed by atoms with Crippen molar-refractivity contribution in [2.24, 2.45) is 0 Å². The van der Waals surface area contributed by atoms with Gasteiger partial charge < -0.3 is 15.2 Å². The maximum absolute atomic E-state index is 5.88. The van der Waals surface area contributed by atoms with Crippen molar-refractivity contribution in [2.75, 3.05) is 20.0 Å². The molecule has 0 spiro atoms. The highest BCUT2D eigenvalue weighted by Gasteiger charge is 2.09. The highest BCUT2D eigenvalue weighted by Crippen LogP contribution is 2.28. The van der Waals surface area contributed by atoms with E-state index in [-0.39, 0.29) is 0 Å². The Balaban J connectivity index is 2.30. The minimum absolute atomic E-state index is 0.535. The summed E-state index contributed by atoms with van der Waals surface area (Å²) < 4.78 is 10.5. The second kappa shape index (κ2) is 5.77. The van der Waals surface area contributed by atoms with E-state index in [0.717, 1.165) is 16.8 Å². The Kier molecular flexibility index (Phi) is 4.08. The van der Waals surface area contributed by atoms with Crippen molar-refractivity contribution in [1.82, 2.24) is 9.97 Å². The Morgan fingerprint density at radius 2 is 1.75 bits per heavy atom. The van der Waals surface area contributed by atoms with E-state index in [9.17, 15) is 0 Å². The number of nitrogen functional groups attached to an aromatic ring is 1. The maximum Gasteiger partial charge on any atom is 0.161 e. The summed E-state index contributed by atoms with van der Waals surface area (Å²) in [6.45, 7) is 3.86.